The molecule has 2 aliphatic heterocycles. The third-order valence-corrected chi connectivity index (χ3v) is 8.40. The van der Waals surface area contributed by atoms with Crippen LogP contribution in [0.5, 0.6) is 5.75 Å². The van der Waals surface area contributed by atoms with E-state index in [1.165, 1.54) is 12.1 Å². The maximum absolute atomic E-state index is 14.8. The highest BCUT2D eigenvalue weighted by molar-refractivity contribution is 5.99. The van der Waals surface area contributed by atoms with E-state index in [0.717, 1.165) is 50.9 Å². The number of hydrogen-bond acceptors (Lipinski definition) is 5. The molecule has 0 bridgehead atoms. The van der Waals surface area contributed by atoms with Crippen LogP contribution in [0.3, 0.4) is 0 Å². The van der Waals surface area contributed by atoms with Crippen LogP contribution in [0.2, 0.25) is 0 Å². The number of aromatic hydroxyl groups is 1. The summed E-state index contributed by atoms with van der Waals surface area (Å²) < 4.78 is 14.8. The van der Waals surface area contributed by atoms with Crippen LogP contribution in [0.15, 0.2) is 42.5 Å². The number of rotatable bonds is 9. The van der Waals surface area contributed by atoms with Crippen LogP contribution >= 0.6 is 0 Å². The molecule has 0 spiro atoms. The van der Waals surface area contributed by atoms with Crippen LogP contribution in [0, 0.1) is 24.6 Å². The van der Waals surface area contributed by atoms with E-state index in [0.29, 0.717) is 24.2 Å². The van der Waals surface area contributed by atoms with Gasteiger partial charge in [-0.2, -0.15) is 0 Å². The number of unbranched alkanes of at least 4 members (excludes halogenated alkanes) is 1. The van der Waals surface area contributed by atoms with Crippen molar-refractivity contribution >= 4 is 11.7 Å². The molecule has 38 heavy (non-hydrogen) atoms. The Morgan fingerprint density at radius 3 is 2.50 bits per heavy atom. The number of phenolic OH excluding ortho intramolecular Hbond substituents is 1. The summed E-state index contributed by atoms with van der Waals surface area (Å²) in [5.41, 5.74) is 1.66. The molecular formula is C31H42FN3O3. The quantitative estimate of drug-likeness (QED) is 0.381. The Labute approximate surface area is 226 Å². The van der Waals surface area contributed by atoms with E-state index in [4.69, 9.17) is 0 Å². The average molecular weight is 524 g/mol. The lowest BCUT2D eigenvalue weighted by Crippen LogP contribution is -2.54. The Kier molecular flexibility index (Phi) is 9.21. The van der Waals surface area contributed by atoms with Crippen molar-refractivity contribution in [1.29, 1.82) is 0 Å². The summed E-state index contributed by atoms with van der Waals surface area (Å²) in [6.07, 6.45) is 3.95. The number of halogens is 1. The first-order valence-electron chi connectivity index (χ1n) is 13.9. The van der Waals surface area contributed by atoms with E-state index >= 15 is 0 Å². The molecule has 6 nitrogen and oxygen atoms in total. The fraction of sp³-hybridized carbons (Fsp3) is 0.548. The molecule has 2 heterocycles. The minimum Gasteiger partial charge on any atom is -0.508 e. The molecule has 0 saturated carbocycles. The second-order valence-corrected chi connectivity index (χ2v) is 11.4. The van der Waals surface area contributed by atoms with E-state index in [-0.39, 0.29) is 29.3 Å². The molecule has 4 rings (SSSR count). The van der Waals surface area contributed by atoms with Crippen LogP contribution in [0.1, 0.15) is 60.0 Å². The summed E-state index contributed by atoms with van der Waals surface area (Å²) in [4.78, 5) is 34.6. The SMILES string of the molecule is Cc1c(F)cccc1C1C(C(=O)c2cccc(O)c2)CN(CCCCN(C)C)CC1C(=O)N1CCC[C@H]1C. The molecule has 1 amide bonds. The summed E-state index contributed by atoms with van der Waals surface area (Å²) in [7, 11) is 4.12. The van der Waals surface area contributed by atoms with Gasteiger partial charge in [-0.05, 0) is 96.0 Å². The summed E-state index contributed by atoms with van der Waals surface area (Å²) >= 11 is 0. The standard InChI is InChI=1S/C31H42FN3O3/c1-21-10-9-17-35(21)31(38)27-20-34(16-6-5-15-33(3)4)19-26(30(37)23-11-7-12-24(36)18-23)29(27)25-13-8-14-28(32)22(25)2/h7-8,11-14,18,21,26-27,29,36H,5-6,9-10,15-17,19-20H2,1-4H3/t21-,26?,27?,29?/m1/s1. The maximum atomic E-state index is 14.8. The smallest absolute Gasteiger partial charge is 0.227 e. The van der Waals surface area contributed by atoms with Crippen LogP contribution in [0.25, 0.3) is 0 Å². The van der Waals surface area contributed by atoms with Crippen molar-refractivity contribution in [3.63, 3.8) is 0 Å². The van der Waals surface area contributed by atoms with Crippen molar-refractivity contribution in [3.05, 3.63) is 65.0 Å². The molecule has 2 aromatic carbocycles. The predicted octanol–water partition coefficient (Wildman–Crippen LogP) is 4.71. The minimum atomic E-state index is -0.535. The fourth-order valence-electron chi connectivity index (χ4n) is 6.33. The Morgan fingerprint density at radius 1 is 1.08 bits per heavy atom. The van der Waals surface area contributed by atoms with Crippen molar-refractivity contribution in [3.8, 4) is 5.75 Å². The number of ketones is 1. The molecule has 1 N–H and O–H groups in total. The second kappa shape index (κ2) is 12.4. The summed E-state index contributed by atoms with van der Waals surface area (Å²) in [5.74, 6) is -1.77. The number of piperidine rings is 1. The van der Waals surface area contributed by atoms with Crippen LogP contribution in [-0.2, 0) is 4.79 Å². The Balaban J connectivity index is 1.75. The fourth-order valence-corrected chi connectivity index (χ4v) is 6.33. The van der Waals surface area contributed by atoms with E-state index < -0.39 is 17.8 Å². The van der Waals surface area contributed by atoms with Gasteiger partial charge in [-0.3, -0.25) is 9.59 Å². The Hall–Kier alpha value is -2.77. The molecule has 0 aliphatic carbocycles. The van der Waals surface area contributed by atoms with Gasteiger partial charge in [0.15, 0.2) is 5.78 Å². The molecule has 2 aromatic rings. The maximum Gasteiger partial charge on any atom is 0.227 e. The number of amides is 1. The predicted molar refractivity (Wildman–Crippen MR) is 148 cm³/mol. The van der Waals surface area contributed by atoms with Gasteiger partial charge >= 0.3 is 0 Å². The van der Waals surface area contributed by atoms with Crippen LogP contribution < -0.4 is 0 Å². The summed E-state index contributed by atoms with van der Waals surface area (Å²) in [6.45, 7) is 7.38. The second-order valence-electron chi connectivity index (χ2n) is 11.4. The van der Waals surface area contributed by atoms with Gasteiger partial charge < -0.3 is 19.8 Å². The highest BCUT2D eigenvalue weighted by atomic mass is 19.1. The highest BCUT2D eigenvalue weighted by Crippen LogP contribution is 2.42. The van der Waals surface area contributed by atoms with E-state index in [1.807, 2.05) is 11.0 Å². The van der Waals surface area contributed by atoms with Gasteiger partial charge in [-0.1, -0.05) is 24.3 Å². The summed E-state index contributed by atoms with van der Waals surface area (Å²) in [5, 5.41) is 10.1. The van der Waals surface area contributed by atoms with Gasteiger partial charge in [0.25, 0.3) is 0 Å². The molecule has 0 radical (unpaired) electrons. The summed E-state index contributed by atoms with van der Waals surface area (Å²) in [6, 6.07) is 11.6. The number of Topliss-reactive ketones (excluding diaryl/α,β-unsaturated/α-hetero) is 1. The third kappa shape index (κ3) is 6.26. The molecule has 2 fully saturated rings. The monoisotopic (exact) mass is 523 g/mol. The Bertz CT molecular complexity index is 1140. The lowest BCUT2D eigenvalue weighted by Gasteiger charge is -2.45. The van der Waals surface area contributed by atoms with Crippen molar-refractivity contribution in [2.75, 3.05) is 46.8 Å². The van der Waals surface area contributed by atoms with Crippen molar-refractivity contribution in [2.24, 2.45) is 11.8 Å². The van der Waals surface area contributed by atoms with Crippen molar-refractivity contribution < 1.29 is 19.1 Å². The van der Waals surface area contributed by atoms with Gasteiger partial charge in [-0.25, -0.2) is 4.39 Å². The minimum absolute atomic E-state index is 0.0317. The number of hydrogen-bond donors (Lipinski definition) is 1. The molecular weight excluding hydrogens is 481 g/mol. The number of carbonyl (C=O) groups is 2. The first-order valence-corrected chi connectivity index (χ1v) is 13.9. The zero-order valence-corrected chi connectivity index (χ0v) is 23.2. The van der Waals surface area contributed by atoms with Crippen LogP contribution in [-0.4, -0.2) is 84.4 Å². The van der Waals surface area contributed by atoms with Crippen LogP contribution in [0.4, 0.5) is 4.39 Å². The third-order valence-electron chi connectivity index (χ3n) is 8.40. The molecule has 2 aliphatic rings. The van der Waals surface area contributed by atoms with E-state index in [2.05, 4.69) is 30.8 Å². The number of likely N-dealkylation sites (tertiary alicyclic amines) is 2. The van der Waals surface area contributed by atoms with Gasteiger partial charge in [0.05, 0.1) is 5.92 Å². The van der Waals surface area contributed by atoms with E-state index in [1.54, 1.807) is 31.2 Å². The number of phenols is 1. The average Bonchev–Trinajstić information content (AvgIpc) is 3.32. The lowest BCUT2D eigenvalue weighted by molar-refractivity contribution is -0.139. The van der Waals surface area contributed by atoms with Crippen molar-refractivity contribution in [1.82, 2.24) is 14.7 Å². The lowest BCUT2D eigenvalue weighted by atomic mass is 9.69. The molecule has 7 heteroatoms. The topological polar surface area (TPSA) is 64.1 Å². The highest BCUT2D eigenvalue weighted by Gasteiger charge is 2.47. The normalized spacial score (nSPS) is 24.2. The van der Waals surface area contributed by atoms with Gasteiger partial charge in [0.1, 0.15) is 11.6 Å². The molecule has 206 valence electrons. The first kappa shape index (κ1) is 28.2. The molecule has 0 aromatic heterocycles. The number of carbonyl (C=O) groups excluding carboxylic acids is 2. The molecule has 2 saturated heterocycles. The molecule has 3 unspecified atom stereocenters. The number of nitrogens with zero attached hydrogens (tertiary/aromatic N) is 3. The van der Waals surface area contributed by atoms with Gasteiger partial charge in [0, 0.05) is 43.1 Å². The molecule has 4 atom stereocenters. The Morgan fingerprint density at radius 2 is 1.82 bits per heavy atom. The van der Waals surface area contributed by atoms with Crippen molar-refractivity contribution in [2.45, 2.75) is 51.5 Å². The number of benzene rings is 2. The van der Waals surface area contributed by atoms with Gasteiger partial charge in [-0.15, -0.1) is 0 Å². The van der Waals surface area contributed by atoms with E-state index in [9.17, 15) is 19.1 Å². The van der Waals surface area contributed by atoms with Gasteiger partial charge in [0.2, 0.25) is 5.91 Å². The zero-order valence-electron chi connectivity index (χ0n) is 23.2. The largest absolute Gasteiger partial charge is 0.508 e. The zero-order chi connectivity index (χ0) is 27.4. The first-order chi connectivity index (χ1) is 18.2.